The highest BCUT2D eigenvalue weighted by Gasteiger charge is 2.26. The third kappa shape index (κ3) is 4.77. The Morgan fingerprint density at radius 1 is 1.26 bits per heavy atom. The zero-order chi connectivity index (χ0) is 13.7. The largest absolute Gasteiger partial charge is 0.352 e. The van der Waals surface area contributed by atoms with E-state index in [1.54, 1.807) is 0 Å². The van der Waals surface area contributed by atoms with Gasteiger partial charge < -0.3 is 11.1 Å². The Bertz CT molecular complexity index is 285. The fourth-order valence-electron chi connectivity index (χ4n) is 3.34. The maximum atomic E-state index is 12.1. The Labute approximate surface area is 117 Å². The Kier molecular flexibility index (Phi) is 5.64. The molecule has 1 saturated carbocycles. The van der Waals surface area contributed by atoms with Crippen LogP contribution in [0.3, 0.4) is 0 Å². The van der Waals surface area contributed by atoms with E-state index in [1.807, 2.05) is 0 Å². The lowest BCUT2D eigenvalue weighted by molar-refractivity contribution is -0.122. The van der Waals surface area contributed by atoms with Crippen molar-refractivity contribution in [2.24, 2.45) is 11.7 Å². The van der Waals surface area contributed by atoms with Crippen LogP contribution in [0.25, 0.3) is 0 Å². The van der Waals surface area contributed by atoms with Gasteiger partial charge in [-0.3, -0.25) is 9.69 Å². The highest BCUT2D eigenvalue weighted by Crippen LogP contribution is 2.19. The quantitative estimate of drug-likeness (QED) is 0.759. The van der Waals surface area contributed by atoms with Gasteiger partial charge in [-0.2, -0.15) is 0 Å². The second-order valence-corrected chi connectivity index (χ2v) is 6.40. The number of carbonyl (C=O) groups is 1. The summed E-state index contributed by atoms with van der Waals surface area (Å²) in [4.78, 5) is 14.3. The minimum absolute atomic E-state index is 0.206. The number of nitrogens with one attached hydrogen (secondary N) is 1. The van der Waals surface area contributed by atoms with Crippen LogP contribution >= 0.6 is 0 Å². The van der Waals surface area contributed by atoms with E-state index in [9.17, 15) is 4.79 Å². The summed E-state index contributed by atoms with van der Waals surface area (Å²) in [6, 6.07) is 0.664. The molecule has 1 aliphatic carbocycles. The molecule has 1 heterocycles. The molecular formula is C15H29N3O. The van der Waals surface area contributed by atoms with Gasteiger partial charge in [-0.05, 0) is 38.6 Å². The van der Waals surface area contributed by atoms with Crippen molar-refractivity contribution in [1.29, 1.82) is 0 Å². The minimum atomic E-state index is 0.206. The summed E-state index contributed by atoms with van der Waals surface area (Å²) < 4.78 is 0. The van der Waals surface area contributed by atoms with Gasteiger partial charge in [0.1, 0.15) is 0 Å². The summed E-state index contributed by atoms with van der Waals surface area (Å²) in [5, 5.41) is 3.22. The monoisotopic (exact) mass is 267 g/mol. The van der Waals surface area contributed by atoms with Gasteiger partial charge in [0.25, 0.3) is 0 Å². The third-order valence-corrected chi connectivity index (χ3v) is 4.64. The van der Waals surface area contributed by atoms with Crippen molar-refractivity contribution in [3.8, 4) is 0 Å². The maximum absolute atomic E-state index is 12.1. The van der Waals surface area contributed by atoms with Crippen LogP contribution in [0, 0.1) is 5.92 Å². The van der Waals surface area contributed by atoms with E-state index in [2.05, 4.69) is 17.1 Å². The number of rotatable bonds is 4. The number of hydrogen-bond donors (Lipinski definition) is 2. The van der Waals surface area contributed by atoms with Crippen molar-refractivity contribution in [2.75, 3.05) is 19.6 Å². The van der Waals surface area contributed by atoms with Crippen molar-refractivity contribution in [3.63, 3.8) is 0 Å². The first kappa shape index (κ1) is 14.8. The van der Waals surface area contributed by atoms with Crippen molar-refractivity contribution in [3.05, 3.63) is 0 Å². The summed E-state index contributed by atoms with van der Waals surface area (Å²) in [5.41, 5.74) is 5.93. The molecule has 2 atom stereocenters. The summed E-state index contributed by atoms with van der Waals surface area (Å²) in [5.74, 6) is 0.767. The van der Waals surface area contributed by atoms with Crippen LogP contribution in [-0.2, 0) is 4.79 Å². The molecule has 2 fully saturated rings. The van der Waals surface area contributed by atoms with Gasteiger partial charge in [-0.1, -0.05) is 25.7 Å². The van der Waals surface area contributed by atoms with Crippen molar-refractivity contribution in [2.45, 2.75) is 64.0 Å². The first-order valence-electron chi connectivity index (χ1n) is 7.92. The number of nitrogens with zero attached hydrogens (tertiary/aromatic N) is 1. The fourth-order valence-corrected chi connectivity index (χ4v) is 3.34. The molecule has 19 heavy (non-hydrogen) atoms. The standard InChI is InChI=1S/C15H29N3O/c1-12(16)13-8-9-18(10-13)11-15(19)17-14-6-4-2-3-5-7-14/h12-14H,2-11,16H2,1H3,(H,17,19). The van der Waals surface area contributed by atoms with Gasteiger partial charge in [-0.25, -0.2) is 0 Å². The average molecular weight is 267 g/mol. The Morgan fingerprint density at radius 2 is 1.95 bits per heavy atom. The van der Waals surface area contributed by atoms with Crippen LogP contribution in [-0.4, -0.2) is 42.5 Å². The van der Waals surface area contributed by atoms with E-state index in [0.717, 1.165) is 32.4 Å². The molecule has 4 heteroatoms. The Balaban J connectivity index is 1.69. The molecule has 4 nitrogen and oxygen atoms in total. The molecule has 1 saturated heterocycles. The van der Waals surface area contributed by atoms with Crippen LogP contribution in [0.5, 0.6) is 0 Å². The first-order valence-corrected chi connectivity index (χ1v) is 7.92. The van der Waals surface area contributed by atoms with Gasteiger partial charge in [-0.15, -0.1) is 0 Å². The van der Waals surface area contributed by atoms with E-state index < -0.39 is 0 Å². The number of nitrogens with two attached hydrogens (primary N) is 1. The van der Waals surface area contributed by atoms with Crippen LogP contribution in [0.4, 0.5) is 0 Å². The smallest absolute Gasteiger partial charge is 0.234 e. The molecule has 2 aliphatic rings. The second kappa shape index (κ2) is 7.25. The van der Waals surface area contributed by atoms with Gasteiger partial charge in [0.05, 0.1) is 6.54 Å². The molecule has 1 amide bonds. The first-order chi connectivity index (χ1) is 9.15. The Hall–Kier alpha value is -0.610. The van der Waals surface area contributed by atoms with Gasteiger partial charge in [0.15, 0.2) is 0 Å². The second-order valence-electron chi connectivity index (χ2n) is 6.40. The highest BCUT2D eigenvalue weighted by molar-refractivity contribution is 5.78. The number of likely N-dealkylation sites (tertiary alicyclic amines) is 1. The lowest BCUT2D eigenvalue weighted by atomic mass is 10.0. The summed E-state index contributed by atoms with van der Waals surface area (Å²) in [6.07, 6.45) is 8.64. The molecule has 0 bridgehead atoms. The normalized spacial score (nSPS) is 28.0. The predicted octanol–water partition coefficient (Wildman–Crippen LogP) is 1.49. The molecule has 0 spiro atoms. The van der Waals surface area contributed by atoms with E-state index in [-0.39, 0.29) is 11.9 Å². The van der Waals surface area contributed by atoms with Crippen LogP contribution in [0.1, 0.15) is 51.9 Å². The molecule has 0 aromatic rings. The summed E-state index contributed by atoms with van der Waals surface area (Å²) >= 11 is 0. The van der Waals surface area contributed by atoms with E-state index in [0.29, 0.717) is 18.5 Å². The molecule has 0 aromatic heterocycles. The molecule has 110 valence electrons. The third-order valence-electron chi connectivity index (χ3n) is 4.64. The van der Waals surface area contributed by atoms with E-state index >= 15 is 0 Å². The molecule has 1 aliphatic heterocycles. The average Bonchev–Trinajstić information content (AvgIpc) is 2.67. The van der Waals surface area contributed by atoms with Crippen molar-refractivity contribution in [1.82, 2.24) is 10.2 Å². The van der Waals surface area contributed by atoms with E-state index in [1.165, 1.54) is 25.7 Å². The van der Waals surface area contributed by atoms with Crippen LogP contribution in [0.2, 0.25) is 0 Å². The zero-order valence-electron chi connectivity index (χ0n) is 12.2. The molecule has 0 radical (unpaired) electrons. The van der Waals surface area contributed by atoms with Crippen molar-refractivity contribution < 1.29 is 4.79 Å². The van der Waals surface area contributed by atoms with Crippen molar-refractivity contribution >= 4 is 5.91 Å². The zero-order valence-corrected chi connectivity index (χ0v) is 12.2. The minimum Gasteiger partial charge on any atom is -0.352 e. The Morgan fingerprint density at radius 3 is 2.53 bits per heavy atom. The molecule has 0 aromatic carbocycles. The molecule has 2 unspecified atom stereocenters. The predicted molar refractivity (Wildman–Crippen MR) is 77.8 cm³/mol. The number of amides is 1. The molecular weight excluding hydrogens is 238 g/mol. The van der Waals surface area contributed by atoms with Crippen LogP contribution < -0.4 is 11.1 Å². The lowest BCUT2D eigenvalue weighted by Crippen LogP contribution is -2.41. The summed E-state index contributed by atoms with van der Waals surface area (Å²) in [7, 11) is 0. The highest BCUT2D eigenvalue weighted by atomic mass is 16.2. The fraction of sp³-hybridized carbons (Fsp3) is 0.933. The maximum Gasteiger partial charge on any atom is 0.234 e. The molecule has 2 rings (SSSR count). The van der Waals surface area contributed by atoms with Gasteiger partial charge in [0.2, 0.25) is 5.91 Å². The van der Waals surface area contributed by atoms with Gasteiger partial charge >= 0.3 is 0 Å². The number of carbonyl (C=O) groups excluding carboxylic acids is 1. The van der Waals surface area contributed by atoms with Gasteiger partial charge in [0, 0.05) is 18.6 Å². The summed E-state index contributed by atoms with van der Waals surface area (Å²) in [6.45, 7) is 4.62. The van der Waals surface area contributed by atoms with E-state index in [4.69, 9.17) is 5.73 Å². The number of hydrogen-bond acceptors (Lipinski definition) is 3. The topological polar surface area (TPSA) is 58.4 Å². The molecule has 3 N–H and O–H groups in total. The van der Waals surface area contributed by atoms with Crippen LogP contribution in [0.15, 0.2) is 0 Å². The lowest BCUT2D eigenvalue weighted by Gasteiger charge is -2.20. The SMILES string of the molecule is CC(N)C1CCN(CC(=O)NC2CCCCCC2)C1.